The molecule has 2 aliphatic rings. The molecule has 3 heterocycles. The number of fused-ring (bicyclic) bond motifs is 2. The number of likely N-dealkylation sites (tertiary alicyclic amines) is 1. The molecule has 8 heteroatoms. The minimum absolute atomic E-state index is 0.0581. The van der Waals surface area contributed by atoms with E-state index in [1.54, 1.807) is 24.3 Å². The average Bonchev–Trinajstić information content (AvgIpc) is 3.22. The molecule has 2 aliphatic heterocycles. The van der Waals surface area contributed by atoms with Gasteiger partial charge in [0.25, 0.3) is 5.91 Å². The summed E-state index contributed by atoms with van der Waals surface area (Å²) in [6.07, 6.45) is -1.19. The summed E-state index contributed by atoms with van der Waals surface area (Å²) in [5.41, 5.74) is 0.343. The van der Waals surface area contributed by atoms with Gasteiger partial charge in [-0.05, 0) is 36.6 Å². The van der Waals surface area contributed by atoms with Crippen molar-refractivity contribution in [1.29, 1.82) is 0 Å². The maximum Gasteiger partial charge on any atom is 0.435 e. The van der Waals surface area contributed by atoms with Crippen molar-refractivity contribution in [1.82, 2.24) is 14.7 Å². The normalized spacial score (nSPS) is 22.7. The SMILES string of the molecule is O=C(c1cccc(Cn2ccc(C(F)(F)F)n2)c1)N1CCC2CC1CO2. The lowest BCUT2D eigenvalue weighted by Gasteiger charge is -2.31. The first-order valence-electron chi connectivity index (χ1n) is 8.52. The molecule has 138 valence electrons. The summed E-state index contributed by atoms with van der Waals surface area (Å²) < 4.78 is 44.8. The van der Waals surface area contributed by atoms with Crippen LogP contribution in [0.3, 0.4) is 0 Å². The molecule has 0 radical (unpaired) electrons. The van der Waals surface area contributed by atoms with Crippen LogP contribution in [0.4, 0.5) is 13.2 Å². The zero-order valence-electron chi connectivity index (χ0n) is 13.9. The summed E-state index contributed by atoms with van der Waals surface area (Å²) >= 11 is 0. The number of carbonyl (C=O) groups excluding carboxylic acids is 1. The minimum Gasteiger partial charge on any atom is -0.376 e. The van der Waals surface area contributed by atoms with Crippen molar-refractivity contribution >= 4 is 5.91 Å². The predicted molar refractivity (Wildman–Crippen MR) is 86.6 cm³/mol. The summed E-state index contributed by atoms with van der Waals surface area (Å²) in [5, 5.41) is 3.55. The Kier molecular flexibility index (Phi) is 4.22. The third-order valence-electron chi connectivity index (χ3n) is 4.90. The maximum absolute atomic E-state index is 12.8. The van der Waals surface area contributed by atoms with E-state index in [0.717, 1.165) is 24.5 Å². The van der Waals surface area contributed by atoms with E-state index >= 15 is 0 Å². The molecule has 2 saturated heterocycles. The molecule has 0 spiro atoms. The Bertz CT molecular complexity index is 818. The molecule has 0 N–H and O–H groups in total. The zero-order valence-corrected chi connectivity index (χ0v) is 13.9. The Morgan fingerprint density at radius 1 is 1.31 bits per heavy atom. The topological polar surface area (TPSA) is 47.4 Å². The van der Waals surface area contributed by atoms with Crippen LogP contribution in [0.2, 0.25) is 0 Å². The Morgan fingerprint density at radius 2 is 2.15 bits per heavy atom. The molecule has 2 atom stereocenters. The molecule has 1 aromatic carbocycles. The number of rotatable bonds is 3. The first kappa shape index (κ1) is 17.1. The number of ether oxygens (including phenoxy) is 1. The Labute approximate surface area is 148 Å². The lowest BCUT2D eigenvalue weighted by atomic mass is 10.0. The zero-order chi connectivity index (χ0) is 18.3. The first-order valence-corrected chi connectivity index (χ1v) is 8.52. The number of carbonyl (C=O) groups is 1. The molecule has 1 aromatic heterocycles. The number of amides is 1. The van der Waals surface area contributed by atoms with Gasteiger partial charge in [0, 0.05) is 18.3 Å². The van der Waals surface area contributed by atoms with Gasteiger partial charge in [-0.25, -0.2) is 0 Å². The predicted octanol–water partition coefficient (Wildman–Crippen LogP) is 2.95. The van der Waals surface area contributed by atoms with Gasteiger partial charge in [0.05, 0.1) is 25.3 Å². The molecule has 2 fully saturated rings. The number of hydrogen-bond donors (Lipinski definition) is 0. The van der Waals surface area contributed by atoms with Crippen LogP contribution in [0, 0.1) is 0 Å². The number of aromatic nitrogens is 2. The molecule has 26 heavy (non-hydrogen) atoms. The van der Waals surface area contributed by atoms with Gasteiger partial charge in [0.15, 0.2) is 5.69 Å². The highest BCUT2D eigenvalue weighted by atomic mass is 19.4. The summed E-state index contributed by atoms with van der Waals surface area (Å²) in [4.78, 5) is 14.7. The molecular formula is C18H18F3N3O2. The smallest absolute Gasteiger partial charge is 0.376 e. The molecule has 2 aromatic rings. The van der Waals surface area contributed by atoms with Crippen LogP contribution < -0.4 is 0 Å². The summed E-state index contributed by atoms with van der Waals surface area (Å²) in [6.45, 7) is 1.42. The van der Waals surface area contributed by atoms with Crippen LogP contribution in [0.1, 0.15) is 34.5 Å². The molecule has 0 aliphatic carbocycles. The van der Waals surface area contributed by atoms with Crippen molar-refractivity contribution in [3.8, 4) is 0 Å². The van der Waals surface area contributed by atoms with E-state index in [0.29, 0.717) is 18.7 Å². The maximum atomic E-state index is 12.8. The highest BCUT2D eigenvalue weighted by Gasteiger charge is 2.37. The molecule has 1 amide bonds. The third kappa shape index (κ3) is 3.33. The second-order valence-corrected chi connectivity index (χ2v) is 6.73. The van der Waals surface area contributed by atoms with E-state index in [1.165, 1.54) is 10.9 Å². The fourth-order valence-corrected chi connectivity index (χ4v) is 3.59. The van der Waals surface area contributed by atoms with E-state index in [-0.39, 0.29) is 24.6 Å². The Morgan fingerprint density at radius 3 is 2.92 bits per heavy atom. The minimum atomic E-state index is -4.46. The highest BCUT2D eigenvalue weighted by Crippen LogP contribution is 2.29. The van der Waals surface area contributed by atoms with E-state index in [9.17, 15) is 18.0 Å². The van der Waals surface area contributed by atoms with E-state index in [2.05, 4.69) is 5.10 Å². The fourth-order valence-electron chi connectivity index (χ4n) is 3.59. The first-order chi connectivity index (χ1) is 12.4. The third-order valence-corrected chi connectivity index (χ3v) is 4.90. The average molecular weight is 365 g/mol. The van der Waals surface area contributed by atoms with Crippen LogP contribution in [-0.4, -0.2) is 45.9 Å². The molecule has 5 nitrogen and oxygen atoms in total. The van der Waals surface area contributed by atoms with Crippen LogP contribution >= 0.6 is 0 Å². The number of piperidine rings is 1. The highest BCUT2D eigenvalue weighted by molar-refractivity contribution is 5.94. The quantitative estimate of drug-likeness (QED) is 0.840. The van der Waals surface area contributed by atoms with E-state index in [1.807, 2.05) is 4.90 Å². The number of benzene rings is 1. The molecule has 4 rings (SSSR count). The van der Waals surface area contributed by atoms with E-state index < -0.39 is 11.9 Å². The summed E-state index contributed by atoms with van der Waals surface area (Å²) in [7, 11) is 0. The van der Waals surface area contributed by atoms with Crippen molar-refractivity contribution in [3.05, 3.63) is 53.3 Å². The van der Waals surface area contributed by atoms with Crippen molar-refractivity contribution in [3.63, 3.8) is 0 Å². The molecular weight excluding hydrogens is 347 g/mol. The summed E-state index contributed by atoms with van der Waals surface area (Å²) in [5.74, 6) is -0.0581. The lowest BCUT2D eigenvalue weighted by molar-refractivity contribution is -0.141. The van der Waals surface area contributed by atoms with Crippen LogP contribution in [0.15, 0.2) is 36.5 Å². The monoisotopic (exact) mass is 365 g/mol. The van der Waals surface area contributed by atoms with Gasteiger partial charge in [-0.2, -0.15) is 18.3 Å². The van der Waals surface area contributed by atoms with E-state index in [4.69, 9.17) is 4.74 Å². The van der Waals surface area contributed by atoms with Gasteiger partial charge in [-0.3, -0.25) is 9.48 Å². The number of halogens is 3. The second-order valence-electron chi connectivity index (χ2n) is 6.73. The van der Waals surface area contributed by atoms with Gasteiger partial charge in [0.2, 0.25) is 0 Å². The number of hydrogen-bond acceptors (Lipinski definition) is 3. The Hall–Kier alpha value is -2.35. The van der Waals surface area contributed by atoms with Crippen molar-refractivity contribution in [2.75, 3.05) is 13.2 Å². The molecule has 2 bridgehead atoms. The van der Waals surface area contributed by atoms with Crippen LogP contribution in [0.25, 0.3) is 0 Å². The Balaban J connectivity index is 1.49. The van der Waals surface area contributed by atoms with Crippen molar-refractivity contribution in [2.24, 2.45) is 0 Å². The molecule has 2 unspecified atom stereocenters. The van der Waals surface area contributed by atoms with Crippen LogP contribution in [-0.2, 0) is 17.5 Å². The van der Waals surface area contributed by atoms with Gasteiger partial charge in [-0.1, -0.05) is 12.1 Å². The second kappa shape index (κ2) is 6.42. The van der Waals surface area contributed by atoms with Crippen molar-refractivity contribution < 1.29 is 22.7 Å². The fraction of sp³-hybridized carbons (Fsp3) is 0.444. The summed E-state index contributed by atoms with van der Waals surface area (Å²) in [6, 6.07) is 8.03. The van der Waals surface area contributed by atoms with Gasteiger partial charge < -0.3 is 9.64 Å². The van der Waals surface area contributed by atoms with Gasteiger partial charge in [0.1, 0.15) is 0 Å². The number of nitrogens with zero attached hydrogens (tertiary/aromatic N) is 3. The van der Waals surface area contributed by atoms with Gasteiger partial charge >= 0.3 is 6.18 Å². The largest absolute Gasteiger partial charge is 0.435 e. The molecule has 0 saturated carbocycles. The van der Waals surface area contributed by atoms with Crippen LogP contribution in [0.5, 0.6) is 0 Å². The van der Waals surface area contributed by atoms with Crippen molar-refractivity contribution in [2.45, 2.75) is 37.7 Å². The van der Waals surface area contributed by atoms with Gasteiger partial charge in [-0.15, -0.1) is 0 Å². The lowest BCUT2D eigenvalue weighted by Crippen LogP contribution is -2.44. The number of alkyl halides is 3. The standard InChI is InChI=1S/C18H18F3N3O2/c19-18(20,21)16-5-6-23(22-16)10-12-2-1-3-13(8-12)17(25)24-7-4-15-9-14(24)11-26-15/h1-3,5-6,8,14-15H,4,7,9-11H2.